The van der Waals surface area contributed by atoms with Crippen molar-refractivity contribution in [2.24, 2.45) is 5.73 Å². The van der Waals surface area contributed by atoms with Crippen molar-refractivity contribution in [3.63, 3.8) is 0 Å². The van der Waals surface area contributed by atoms with Gasteiger partial charge in [-0.05, 0) is 38.1 Å². The van der Waals surface area contributed by atoms with E-state index in [1.54, 1.807) is 4.90 Å². The summed E-state index contributed by atoms with van der Waals surface area (Å²) in [7, 11) is 0. The summed E-state index contributed by atoms with van der Waals surface area (Å²) in [5.74, 6) is -1.08. The number of carbonyl (C=O) groups is 2. The molecule has 1 aliphatic heterocycles. The summed E-state index contributed by atoms with van der Waals surface area (Å²) >= 11 is 0. The zero-order valence-electron chi connectivity index (χ0n) is 18.7. The number of H-pyrrole nitrogens is 1. The smallest absolute Gasteiger partial charge is 0.404 e. The SMILES string of the molecule is NCCCNC1CCN(C(=O)Cc2c[nH]c(NC(=O)Nc3ccccc3OC(F)(F)F)nc2=O)C1. The molecule has 1 atom stereocenters. The molecule has 3 amide bonds. The summed E-state index contributed by atoms with van der Waals surface area (Å²) in [4.78, 5) is 45.0. The van der Waals surface area contributed by atoms with Crippen LogP contribution in [0.4, 0.5) is 29.6 Å². The molecule has 1 aromatic heterocycles. The molecule has 0 aliphatic carbocycles. The molecule has 3 rings (SSSR count). The van der Waals surface area contributed by atoms with Crippen LogP contribution in [0.3, 0.4) is 0 Å². The number of benzene rings is 1. The first-order chi connectivity index (χ1) is 16.6. The van der Waals surface area contributed by atoms with E-state index in [1.165, 1.54) is 24.4 Å². The molecule has 0 radical (unpaired) electrons. The zero-order chi connectivity index (χ0) is 25.4. The van der Waals surface area contributed by atoms with Gasteiger partial charge >= 0.3 is 12.4 Å². The zero-order valence-corrected chi connectivity index (χ0v) is 18.7. The molecule has 1 aliphatic rings. The lowest BCUT2D eigenvalue weighted by Gasteiger charge is -2.17. The molecular formula is C21H26F3N7O4. The van der Waals surface area contributed by atoms with Crippen LogP contribution in [-0.4, -0.2) is 65.4 Å². The lowest BCUT2D eigenvalue weighted by Crippen LogP contribution is -2.37. The van der Waals surface area contributed by atoms with Gasteiger partial charge in [0.2, 0.25) is 11.9 Å². The quantitative estimate of drug-likeness (QED) is 0.328. The third-order valence-corrected chi connectivity index (χ3v) is 5.16. The number of carbonyl (C=O) groups excluding carboxylic acids is 2. The second-order valence-corrected chi connectivity index (χ2v) is 7.80. The summed E-state index contributed by atoms with van der Waals surface area (Å²) in [6, 6.07) is 4.18. The summed E-state index contributed by atoms with van der Waals surface area (Å²) in [5.41, 5.74) is 4.63. The van der Waals surface area contributed by atoms with Crippen molar-refractivity contribution in [1.29, 1.82) is 0 Å². The molecule has 0 spiro atoms. The molecule has 6 N–H and O–H groups in total. The Morgan fingerprint density at radius 1 is 1.26 bits per heavy atom. The molecule has 1 aromatic carbocycles. The average Bonchev–Trinajstić information content (AvgIpc) is 3.25. The highest BCUT2D eigenvalue weighted by molar-refractivity contribution is 5.99. The third-order valence-electron chi connectivity index (χ3n) is 5.16. The number of rotatable bonds is 9. The van der Waals surface area contributed by atoms with Crippen molar-refractivity contribution in [3.8, 4) is 5.75 Å². The van der Waals surface area contributed by atoms with Gasteiger partial charge in [0.15, 0.2) is 5.75 Å². The fraction of sp³-hybridized carbons (Fsp3) is 0.429. The van der Waals surface area contributed by atoms with E-state index in [4.69, 9.17) is 5.73 Å². The highest BCUT2D eigenvalue weighted by Gasteiger charge is 2.32. The number of aromatic amines is 1. The maximum absolute atomic E-state index is 12.6. The van der Waals surface area contributed by atoms with Gasteiger partial charge in [0, 0.05) is 30.9 Å². The standard InChI is InChI=1S/C21H26F3N7O4/c22-21(23,24)35-16-5-2-1-4-15(16)28-20(34)30-19-27-11-13(18(33)29-19)10-17(32)31-9-6-14(12-31)26-8-3-7-25/h1-2,4-5,11,14,26H,3,6-10,12,25H2,(H3,27,28,29,30,33,34). The molecule has 190 valence electrons. The van der Waals surface area contributed by atoms with Crippen molar-refractivity contribution >= 4 is 23.6 Å². The number of aromatic nitrogens is 2. The largest absolute Gasteiger partial charge is 0.573 e. The summed E-state index contributed by atoms with van der Waals surface area (Å²) < 4.78 is 41.4. The molecule has 2 aromatic rings. The molecule has 1 fully saturated rings. The fourth-order valence-electron chi connectivity index (χ4n) is 3.49. The Bertz CT molecular complexity index is 1090. The summed E-state index contributed by atoms with van der Waals surface area (Å²) in [6.45, 7) is 2.47. The number of likely N-dealkylation sites (tertiary alicyclic amines) is 1. The van der Waals surface area contributed by atoms with Crippen molar-refractivity contribution in [2.75, 3.05) is 36.8 Å². The van der Waals surface area contributed by atoms with Crippen LogP contribution in [-0.2, 0) is 11.2 Å². The number of halogens is 3. The van der Waals surface area contributed by atoms with E-state index in [2.05, 4.69) is 30.7 Å². The van der Waals surface area contributed by atoms with Gasteiger partial charge in [-0.3, -0.25) is 14.9 Å². The minimum Gasteiger partial charge on any atom is -0.404 e. The molecule has 11 nitrogen and oxygen atoms in total. The van der Waals surface area contributed by atoms with E-state index in [0.29, 0.717) is 19.6 Å². The van der Waals surface area contributed by atoms with Gasteiger partial charge in [-0.15, -0.1) is 13.2 Å². The maximum Gasteiger partial charge on any atom is 0.573 e. The first-order valence-corrected chi connectivity index (χ1v) is 10.9. The van der Waals surface area contributed by atoms with Crippen LogP contribution in [0.15, 0.2) is 35.3 Å². The van der Waals surface area contributed by atoms with Gasteiger partial charge in [-0.2, -0.15) is 4.98 Å². The number of nitrogens with two attached hydrogens (primary N) is 1. The van der Waals surface area contributed by atoms with Crippen LogP contribution in [0.2, 0.25) is 0 Å². The summed E-state index contributed by atoms with van der Waals surface area (Å²) in [6.07, 6.45) is -2.19. The predicted octanol–water partition coefficient (Wildman–Crippen LogP) is 1.39. The van der Waals surface area contributed by atoms with E-state index in [1.807, 2.05) is 0 Å². The van der Waals surface area contributed by atoms with Crippen LogP contribution in [0, 0.1) is 0 Å². The Hall–Kier alpha value is -3.65. The predicted molar refractivity (Wildman–Crippen MR) is 121 cm³/mol. The van der Waals surface area contributed by atoms with Gasteiger partial charge in [-0.1, -0.05) is 12.1 Å². The number of urea groups is 1. The van der Waals surface area contributed by atoms with E-state index >= 15 is 0 Å². The van der Waals surface area contributed by atoms with Gasteiger partial charge < -0.3 is 31.0 Å². The number of para-hydroxylation sites is 2. The van der Waals surface area contributed by atoms with Crippen LogP contribution < -0.4 is 32.0 Å². The Balaban J connectivity index is 1.55. The monoisotopic (exact) mass is 497 g/mol. The molecule has 0 saturated carbocycles. The van der Waals surface area contributed by atoms with Crippen LogP contribution in [0.5, 0.6) is 5.75 Å². The van der Waals surface area contributed by atoms with E-state index in [0.717, 1.165) is 25.5 Å². The van der Waals surface area contributed by atoms with Gasteiger partial charge in [0.1, 0.15) is 0 Å². The number of nitrogens with one attached hydrogen (secondary N) is 4. The number of hydrogen-bond donors (Lipinski definition) is 5. The number of nitrogens with zero attached hydrogens (tertiary/aromatic N) is 2. The van der Waals surface area contributed by atoms with Crippen molar-refractivity contribution in [2.45, 2.75) is 31.7 Å². The molecule has 1 saturated heterocycles. The first-order valence-electron chi connectivity index (χ1n) is 10.9. The topological polar surface area (TPSA) is 154 Å². The lowest BCUT2D eigenvalue weighted by atomic mass is 10.2. The Kier molecular flexibility index (Phi) is 8.65. The second kappa shape index (κ2) is 11.7. The normalized spacial score (nSPS) is 15.7. The molecule has 2 heterocycles. The highest BCUT2D eigenvalue weighted by atomic mass is 19.4. The first kappa shape index (κ1) is 26.0. The Labute approximate surface area is 198 Å². The number of hydrogen-bond acceptors (Lipinski definition) is 7. The molecular weight excluding hydrogens is 471 g/mol. The third kappa shape index (κ3) is 7.96. The van der Waals surface area contributed by atoms with Crippen molar-refractivity contribution < 1.29 is 27.5 Å². The number of alkyl halides is 3. The minimum atomic E-state index is -4.94. The van der Waals surface area contributed by atoms with Crippen LogP contribution in [0.1, 0.15) is 18.4 Å². The number of ether oxygens (including phenoxy) is 1. The van der Waals surface area contributed by atoms with Crippen LogP contribution in [0.25, 0.3) is 0 Å². The highest BCUT2D eigenvalue weighted by Crippen LogP contribution is 2.29. The van der Waals surface area contributed by atoms with E-state index in [9.17, 15) is 27.6 Å². The van der Waals surface area contributed by atoms with E-state index < -0.39 is 23.7 Å². The van der Waals surface area contributed by atoms with Gasteiger partial charge in [0.05, 0.1) is 12.1 Å². The Morgan fingerprint density at radius 2 is 2.03 bits per heavy atom. The van der Waals surface area contributed by atoms with Gasteiger partial charge in [0.25, 0.3) is 5.56 Å². The minimum absolute atomic E-state index is 0.115. The maximum atomic E-state index is 12.6. The number of anilines is 2. The second-order valence-electron chi connectivity index (χ2n) is 7.80. The number of amides is 3. The average molecular weight is 497 g/mol. The summed E-state index contributed by atoms with van der Waals surface area (Å²) in [5, 5.41) is 7.75. The molecule has 0 bridgehead atoms. The van der Waals surface area contributed by atoms with Crippen LogP contribution >= 0.6 is 0 Å². The van der Waals surface area contributed by atoms with Crippen molar-refractivity contribution in [1.82, 2.24) is 20.2 Å². The van der Waals surface area contributed by atoms with Crippen molar-refractivity contribution in [3.05, 3.63) is 46.4 Å². The van der Waals surface area contributed by atoms with E-state index in [-0.39, 0.29) is 35.6 Å². The Morgan fingerprint density at radius 3 is 2.74 bits per heavy atom. The molecule has 14 heteroatoms. The molecule has 35 heavy (non-hydrogen) atoms. The fourth-order valence-corrected chi connectivity index (χ4v) is 3.49. The van der Waals surface area contributed by atoms with Gasteiger partial charge in [-0.25, -0.2) is 4.79 Å². The lowest BCUT2D eigenvalue weighted by molar-refractivity contribution is -0.274. The molecule has 1 unspecified atom stereocenters.